The molecule has 0 atom stereocenters. The zero-order valence-corrected chi connectivity index (χ0v) is 20.1. The average Bonchev–Trinajstić information content (AvgIpc) is 2.86. The monoisotopic (exact) mass is 468 g/mol. The van der Waals surface area contributed by atoms with Gasteiger partial charge in [-0.25, -0.2) is 4.79 Å². The standard InChI is InChI=1S/C29H28N2O4/c1-5-15-35-24-12-13-26-25(17-24)28(21-9-7-20(8-10-21)19(3)4)30-29(33)31(26)18-22-16-23(32)11-14-27(22)34-6-2/h1,7-14,16-17,19,32H,6,15,18H2,2-4H3. The molecule has 0 saturated heterocycles. The molecule has 0 bridgehead atoms. The molecule has 35 heavy (non-hydrogen) atoms. The Balaban J connectivity index is 1.90. The first-order valence-electron chi connectivity index (χ1n) is 11.6. The summed E-state index contributed by atoms with van der Waals surface area (Å²) in [6, 6.07) is 18.4. The summed E-state index contributed by atoms with van der Waals surface area (Å²) in [6.45, 7) is 6.94. The van der Waals surface area contributed by atoms with Gasteiger partial charge in [0.15, 0.2) is 0 Å². The van der Waals surface area contributed by atoms with Crippen LogP contribution in [0.15, 0.2) is 65.5 Å². The highest BCUT2D eigenvalue weighted by atomic mass is 16.5. The third-order valence-electron chi connectivity index (χ3n) is 5.80. The summed E-state index contributed by atoms with van der Waals surface area (Å²) in [5, 5.41) is 10.8. The predicted molar refractivity (Wildman–Crippen MR) is 138 cm³/mol. The van der Waals surface area contributed by atoms with E-state index >= 15 is 0 Å². The highest BCUT2D eigenvalue weighted by molar-refractivity contribution is 5.93. The van der Waals surface area contributed by atoms with E-state index in [0.717, 1.165) is 10.9 Å². The van der Waals surface area contributed by atoms with Crippen LogP contribution >= 0.6 is 0 Å². The molecular weight excluding hydrogens is 440 g/mol. The molecule has 0 aliphatic rings. The molecule has 6 nitrogen and oxygen atoms in total. The highest BCUT2D eigenvalue weighted by Gasteiger charge is 2.16. The van der Waals surface area contributed by atoms with Gasteiger partial charge in [0.1, 0.15) is 23.9 Å². The van der Waals surface area contributed by atoms with Gasteiger partial charge >= 0.3 is 5.69 Å². The SMILES string of the molecule is C#CCOc1ccc2c(c1)c(-c1ccc(C(C)C)cc1)nc(=O)n2Cc1cc(O)ccc1OCC. The second-order valence-corrected chi connectivity index (χ2v) is 8.50. The topological polar surface area (TPSA) is 73.6 Å². The number of phenolic OH excluding ortho intramolecular Hbond substituents is 1. The van der Waals surface area contributed by atoms with Crippen LogP contribution in [-0.2, 0) is 6.54 Å². The first kappa shape index (κ1) is 23.9. The highest BCUT2D eigenvalue weighted by Crippen LogP contribution is 2.31. The lowest BCUT2D eigenvalue weighted by atomic mass is 9.99. The molecule has 4 aromatic rings. The predicted octanol–water partition coefficient (Wildman–Crippen LogP) is 5.35. The van der Waals surface area contributed by atoms with Gasteiger partial charge in [0.05, 0.1) is 24.4 Å². The summed E-state index contributed by atoms with van der Waals surface area (Å²) in [5.74, 6) is 4.16. The number of phenols is 1. The second kappa shape index (κ2) is 10.4. The number of aromatic hydroxyl groups is 1. The van der Waals surface area contributed by atoms with Crippen molar-refractivity contribution in [1.29, 1.82) is 0 Å². The van der Waals surface area contributed by atoms with Gasteiger partial charge in [-0.2, -0.15) is 4.98 Å². The number of rotatable bonds is 8. The number of terminal acetylenes is 1. The largest absolute Gasteiger partial charge is 0.508 e. The number of aromatic nitrogens is 2. The minimum atomic E-state index is -0.400. The van der Waals surface area contributed by atoms with E-state index in [1.165, 1.54) is 5.56 Å². The number of hydrogen-bond donors (Lipinski definition) is 1. The van der Waals surface area contributed by atoms with Crippen LogP contribution in [0.4, 0.5) is 0 Å². The Morgan fingerprint density at radius 3 is 2.51 bits per heavy atom. The summed E-state index contributed by atoms with van der Waals surface area (Å²) >= 11 is 0. The molecule has 4 rings (SSSR count). The maximum atomic E-state index is 13.3. The quantitative estimate of drug-likeness (QED) is 0.353. The van der Waals surface area contributed by atoms with Crippen molar-refractivity contribution in [3.63, 3.8) is 0 Å². The van der Waals surface area contributed by atoms with Crippen LogP contribution in [0.5, 0.6) is 17.2 Å². The molecule has 0 fully saturated rings. The molecule has 0 radical (unpaired) electrons. The molecule has 178 valence electrons. The summed E-state index contributed by atoms with van der Waals surface area (Å²) in [6.07, 6.45) is 5.36. The fourth-order valence-corrected chi connectivity index (χ4v) is 4.03. The van der Waals surface area contributed by atoms with Crippen molar-refractivity contribution in [3.05, 3.63) is 82.3 Å². The van der Waals surface area contributed by atoms with Gasteiger partial charge < -0.3 is 14.6 Å². The Morgan fingerprint density at radius 2 is 1.83 bits per heavy atom. The summed E-state index contributed by atoms with van der Waals surface area (Å²) in [4.78, 5) is 17.8. The van der Waals surface area contributed by atoms with Gasteiger partial charge in [-0.15, -0.1) is 6.42 Å². The van der Waals surface area contributed by atoms with Crippen LogP contribution in [0.3, 0.4) is 0 Å². The zero-order chi connectivity index (χ0) is 24.9. The van der Waals surface area contributed by atoms with Gasteiger partial charge in [-0.05, 0) is 54.8 Å². The molecule has 3 aromatic carbocycles. The first-order chi connectivity index (χ1) is 16.9. The van der Waals surface area contributed by atoms with Crippen molar-refractivity contribution in [3.8, 4) is 40.8 Å². The number of benzene rings is 3. The summed E-state index contributed by atoms with van der Waals surface area (Å²) in [7, 11) is 0. The molecule has 0 aliphatic carbocycles. The van der Waals surface area contributed by atoms with E-state index in [0.29, 0.717) is 40.8 Å². The molecule has 6 heteroatoms. The van der Waals surface area contributed by atoms with Crippen LogP contribution in [0.2, 0.25) is 0 Å². The van der Waals surface area contributed by atoms with E-state index in [4.69, 9.17) is 15.9 Å². The van der Waals surface area contributed by atoms with E-state index in [-0.39, 0.29) is 18.9 Å². The van der Waals surface area contributed by atoms with Crippen molar-refractivity contribution in [2.75, 3.05) is 13.2 Å². The van der Waals surface area contributed by atoms with Crippen molar-refractivity contribution in [1.82, 2.24) is 9.55 Å². The second-order valence-electron chi connectivity index (χ2n) is 8.50. The third kappa shape index (κ3) is 5.15. The number of hydrogen-bond acceptors (Lipinski definition) is 5. The minimum absolute atomic E-state index is 0.0978. The number of ether oxygens (including phenoxy) is 2. The molecule has 1 aromatic heterocycles. The molecule has 0 amide bonds. The smallest absolute Gasteiger partial charge is 0.348 e. The summed E-state index contributed by atoms with van der Waals surface area (Å²) < 4.78 is 12.9. The minimum Gasteiger partial charge on any atom is -0.508 e. The van der Waals surface area contributed by atoms with Crippen molar-refractivity contribution < 1.29 is 14.6 Å². The number of fused-ring (bicyclic) bond motifs is 1. The van der Waals surface area contributed by atoms with Crippen molar-refractivity contribution >= 4 is 10.9 Å². The molecular formula is C29H28N2O4. The molecule has 1 heterocycles. The van der Waals surface area contributed by atoms with E-state index in [9.17, 15) is 9.90 Å². The Labute approximate surface area is 204 Å². The van der Waals surface area contributed by atoms with Gasteiger partial charge in [0.25, 0.3) is 0 Å². The van der Waals surface area contributed by atoms with Gasteiger partial charge in [-0.3, -0.25) is 4.57 Å². The van der Waals surface area contributed by atoms with Crippen molar-refractivity contribution in [2.45, 2.75) is 33.2 Å². The van der Waals surface area contributed by atoms with Crippen molar-refractivity contribution in [2.24, 2.45) is 0 Å². The number of nitrogens with zero attached hydrogens (tertiary/aromatic N) is 2. The first-order valence-corrected chi connectivity index (χ1v) is 11.6. The van der Waals surface area contributed by atoms with E-state index in [1.54, 1.807) is 28.8 Å². The Hall–Kier alpha value is -4.24. The average molecular weight is 469 g/mol. The lowest BCUT2D eigenvalue weighted by Crippen LogP contribution is -2.25. The molecule has 1 N–H and O–H groups in total. The van der Waals surface area contributed by atoms with Crippen LogP contribution in [-0.4, -0.2) is 27.9 Å². The fraction of sp³-hybridized carbons (Fsp3) is 0.241. The van der Waals surface area contributed by atoms with Crippen LogP contribution in [0.1, 0.15) is 37.8 Å². The third-order valence-corrected chi connectivity index (χ3v) is 5.80. The molecule has 0 saturated carbocycles. The molecule has 0 spiro atoms. The van der Waals surface area contributed by atoms with Gasteiger partial charge in [-0.1, -0.05) is 44.0 Å². The molecule has 0 aliphatic heterocycles. The van der Waals surface area contributed by atoms with Gasteiger partial charge in [0, 0.05) is 16.5 Å². The van der Waals surface area contributed by atoms with E-state index in [1.807, 2.05) is 31.2 Å². The molecule has 0 unspecified atom stereocenters. The Morgan fingerprint density at radius 1 is 1.06 bits per heavy atom. The van der Waals surface area contributed by atoms with E-state index in [2.05, 4.69) is 36.9 Å². The maximum Gasteiger partial charge on any atom is 0.348 e. The summed E-state index contributed by atoms with van der Waals surface area (Å²) in [5.41, 5.74) is 3.58. The lowest BCUT2D eigenvalue weighted by molar-refractivity contribution is 0.334. The van der Waals surface area contributed by atoms with Crippen LogP contribution in [0.25, 0.3) is 22.2 Å². The zero-order valence-electron chi connectivity index (χ0n) is 20.1. The van der Waals surface area contributed by atoms with Crippen LogP contribution in [0, 0.1) is 12.3 Å². The normalized spacial score (nSPS) is 10.9. The van der Waals surface area contributed by atoms with E-state index < -0.39 is 5.69 Å². The van der Waals surface area contributed by atoms with Gasteiger partial charge in [0.2, 0.25) is 0 Å². The Kier molecular flexibility index (Phi) is 7.07. The Bertz CT molecular complexity index is 1450. The lowest BCUT2D eigenvalue weighted by Gasteiger charge is -2.16. The van der Waals surface area contributed by atoms with Crippen LogP contribution < -0.4 is 15.2 Å². The maximum absolute atomic E-state index is 13.3. The fourth-order valence-electron chi connectivity index (χ4n) is 4.03.